The van der Waals surface area contributed by atoms with Crippen LogP contribution in [0.25, 0.3) is 0 Å². The molecule has 24 heavy (non-hydrogen) atoms. The third-order valence-corrected chi connectivity index (χ3v) is 8.22. The molecule has 1 unspecified atom stereocenters. The standard InChI is InChI=1S/C17H25N3O2S2/c1-7-20(8-2)14(21)22-16(5,6)17(10-12-19)23-13(9-11-18)15(3,4)24-17/h9H,7-8,10H2,1-6H3. The minimum absolute atomic E-state index is 0.215. The van der Waals surface area contributed by atoms with E-state index < -0.39 is 9.68 Å². The highest BCUT2D eigenvalue weighted by Gasteiger charge is 2.58. The molecule has 0 aromatic rings. The predicted octanol–water partition coefficient (Wildman–Crippen LogP) is 4.52. The lowest BCUT2D eigenvalue weighted by molar-refractivity contribution is 0.00886. The van der Waals surface area contributed by atoms with Crippen LogP contribution in [0.2, 0.25) is 0 Å². The molecule has 1 saturated heterocycles. The SMILES string of the molecule is CCN(CC)C(=O)OC(C)(C)C1(CC#N)SC(=CC#N)C(C)(C)S1. The maximum absolute atomic E-state index is 12.4. The van der Waals surface area contributed by atoms with Gasteiger partial charge in [-0.05, 0) is 41.5 Å². The van der Waals surface area contributed by atoms with Crippen molar-refractivity contribution in [2.45, 2.75) is 62.4 Å². The van der Waals surface area contributed by atoms with Gasteiger partial charge >= 0.3 is 6.09 Å². The molecule has 0 aromatic heterocycles. The van der Waals surface area contributed by atoms with Gasteiger partial charge in [-0.2, -0.15) is 10.5 Å². The number of carbonyl (C=O) groups is 1. The van der Waals surface area contributed by atoms with E-state index >= 15 is 0 Å². The van der Waals surface area contributed by atoms with E-state index in [9.17, 15) is 10.1 Å². The minimum Gasteiger partial charge on any atom is -0.441 e. The number of rotatable bonds is 5. The fourth-order valence-corrected chi connectivity index (χ4v) is 6.38. The first-order chi connectivity index (χ1) is 11.1. The number of hydrogen-bond acceptors (Lipinski definition) is 6. The number of ether oxygens (including phenoxy) is 1. The van der Waals surface area contributed by atoms with Gasteiger partial charge in [-0.1, -0.05) is 0 Å². The van der Waals surface area contributed by atoms with Crippen molar-refractivity contribution in [3.8, 4) is 12.1 Å². The van der Waals surface area contributed by atoms with Crippen molar-refractivity contribution in [3.05, 3.63) is 11.0 Å². The molecule has 0 saturated carbocycles. The lowest BCUT2D eigenvalue weighted by Gasteiger charge is -2.41. The molecular formula is C17H25N3O2S2. The largest absolute Gasteiger partial charge is 0.441 e. The lowest BCUT2D eigenvalue weighted by atomic mass is 10.0. The van der Waals surface area contributed by atoms with E-state index in [1.807, 2.05) is 41.5 Å². The fourth-order valence-electron chi connectivity index (χ4n) is 2.52. The summed E-state index contributed by atoms with van der Waals surface area (Å²) in [7, 11) is 0. The van der Waals surface area contributed by atoms with Crippen LogP contribution in [0.4, 0.5) is 4.79 Å². The zero-order valence-electron chi connectivity index (χ0n) is 15.2. The molecule has 1 heterocycles. The smallest absolute Gasteiger partial charge is 0.410 e. The number of allylic oxidation sites excluding steroid dienone is 1. The van der Waals surface area contributed by atoms with Crippen molar-refractivity contribution < 1.29 is 9.53 Å². The van der Waals surface area contributed by atoms with E-state index in [2.05, 4.69) is 12.1 Å². The number of carbonyl (C=O) groups excluding carboxylic acids is 1. The van der Waals surface area contributed by atoms with Crippen molar-refractivity contribution in [1.82, 2.24) is 4.90 Å². The van der Waals surface area contributed by atoms with Crippen LogP contribution in [-0.4, -0.2) is 38.5 Å². The van der Waals surface area contributed by atoms with Crippen molar-refractivity contribution in [2.24, 2.45) is 0 Å². The summed E-state index contributed by atoms with van der Waals surface area (Å²) in [6, 6.07) is 4.31. The Bertz CT molecular complexity index is 598. The molecule has 1 aliphatic heterocycles. The molecule has 0 radical (unpaired) electrons. The summed E-state index contributed by atoms with van der Waals surface area (Å²) in [5.74, 6) is 0. The number of nitrogens with zero attached hydrogens (tertiary/aromatic N) is 3. The monoisotopic (exact) mass is 367 g/mol. The maximum atomic E-state index is 12.4. The summed E-state index contributed by atoms with van der Waals surface area (Å²) in [4.78, 5) is 14.9. The average molecular weight is 368 g/mol. The van der Waals surface area contributed by atoms with Crippen LogP contribution in [0.15, 0.2) is 11.0 Å². The first kappa shape index (κ1) is 20.7. The highest BCUT2D eigenvalue weighted by atomic mass is 32.2. The molecule has 1 amide bonds. The van der Waals surface area contributed by atoms with Crippen LogP contribution < -0.4 is 0 Å². The van der Waals surface area contributed by atoms with E-state index in [0.717, 1.165) is 4.91 Å². The maximum Gasteiger partial charge on any atom is 0.410 e. The van der Waals surface area contributed by atoms with E-state index in [1.165, 1.54) is 17.8 Å². The Labute approximate surface area is 153 Å². The molecule has 0 aliphatic carbocycles. The zero-order chi connectivity index (χ0) is 18.6. The zero-order valence-corrected chi connectivity index (χ0v) is 16.8. The summed E-state index contributed by atoms with van der Waals surface area (Å²) in [6.45, 7) is 12.7. The first-order valence-electron chi connectivity index (χ1n) is 7.93. The van der Waals surface area contributed by atoms with Gasteiger partial charge in [0.25, 0.3) is 0 Å². The Morgan fingerprint density at radius 1 is 1.33 bits per heavy atom. The normalized spacial score (nSPS) is 24.2. The quantitative estimate of drug-likeness (QED) is 0.665. The van der Waals surface area contributed by atoms with Crippen LogP contribution in [-0.2, 0) is 4.74 Å². The molecule has 0 bridgehead atoms. The number of thioether (sulfide) groups is 2. The van der Waals surface area contributed by atoms with Gasteiger partial charge in [0.05, 0.1) is 18.6 Å². The van der Waals surface area contributed by atoms with Gasteiger partial charge in [0.15, 0.2) is 0 Å². The van der Waals surface area contributed by atoms with E-state index in [0.29, 0.717) is 13.1 Å². The van der Waals surface area contributed by atoms with Gasteiger partial charge in [0.2, 0.25) is 0 Å². The molecule has 0 N–H and O–H groups in total. The summed E-state index contributed by atoms with van der Waals surface area (Å²) in [5.41, 5.74) is -0.875. The fraction of sp³-hybridized carbons (Fsp3) is 0.706. The van der Waals surface area contributed by atoms with Crippen molar-refractivity contribution in [1.29, 1.82) is 10.5 Å². The molecule has 5 nitrogen and oxygen atoms in total. The summed E-state index contributed by atoms with van der Waals surface area (Å²) >= 11 is 3.06. The third-order valence-electron chi connectivity index (χ3n) is 4.08. The molecule has 132 valence electrons. The van der Waals surface area contributed by atoms with E-state index in [4.69, 9.17) is 10.00 Å². The minimum atomic E-state index is -0.875. The highest BCUT2D eigenvalue weighted by Crippen LogP contribution is 2.66. The third kappa shape index (κ3) is 4.02. The number of amides is 1. The van der Waals surface area contributed by atoms with Crippen LogP contribution in [0.5, 0.6) is 0 Å². The molecule has 1 aliphatic rings. The highest BCUT2D eigenvalue weighted by molar-refractivity contribution is 8.24. The summed E-state index contributed by atoms with van der Waals surface area (Å²) in [6.07, 6.45) is 1.37. The molecule has 0 aromatic carbocycles. The molecule has 7 heteroatoms. The Morgan fingerprint density at radius 2 is 1.92 bits per heavy atom. The van der Waals surface area contributed by atoms with Gasteiger partial charge < -0.3 is 9.64 Å². The van der Waals surface area contributed by atoms with Gasteiger partial charge in [-0.25, -0.2) is 4.79 Å². The van der Waals surface area contributed by atoms with Crippen molar-refractivity contribution in [3.63, 3.8) is 0 Å². The van der Waals surface area contributed by atoms with Gasteiger partial charge in [-0.15, -0.1) is 23.5 Å². The van der Waals surface area contributed by atoms with Crippen molar-refractivity contribution >= 4 is 29.6 Å². The molecule has 0 spiro atoms. The summed E-state index contributed by atoms with van der Waals surface area (Å²) in [5, 5.41) is 18.4. The van der Waals surface area contributed by atoms with Gasteiger partial charge in [-0.3, -0.25) is 0 Å². The van der Waals surface area contributed by atoms with Crippen LogP contribution >= 0.6 is 23.5 Å². The van der Waals surface area contributed by atoms with Gasteiger partial charge in [0, 0.05) is 28.8 Å². The van der Waals surface area contributed by atoms with Crippen molar-refractivity contribution in [2.75, 3.05) is 13.1 Å². The molecular weight excluding hydrogens is 342 g/mol. The Morgan fingerprint density at radius 3 is 2.38 bits per heavy atom. The second-order valence-electron chi connectivity index (χ2n) is 6.49. The van der Waals surface area contributed by atoms with Crippen LogP contribution in [0.1, 0.15) is 48.0 Å². The van der Waals surface area contributed by atoms with E-state index in [1.54, 1.807) is 16.7 Å². The molecule has 1 fully saturated rings. The summed E-state index contributed by atoms with van der Waals surface area (Å²) < 4.78 is 4.86. The molecule has 1 atom stereocenters. The first-order valence-corrected chi connectivity index (χ1v) is 9.56. The van der Waals surface area contributed by atoms with Crippen LogP contribution in [0.3, 0.4) is 0 Å². The lowest BCUT2D eigenvalue weighted by Crippen LogP contribution is -2.49. The second-order valence-corrected chi connectivity index (χ2v) is 10.0. The van der Waals surface area contributed by atoms with E-state index in [-0.39, 0.29) is 17.3 Å². The van der Waals surface area contributed by atoms with Crippen LogP contribution in [0, 0.1) is 22.7 Å². The Balaban J connectivity index is 3.20. The molecule has 1 rings (SSSR count). The predicted molar refractivity (Wildman–Crippen MR) is 99.4 cm³/mol. The Kier molecular flexibility index (Phi) is 6.67. The second kappa shape index (κ2) is 7.72. The average Bonchev–Trinajstić information content (AvgIpc) is 2.73. The number of hydrogen-bond donors (Lipinski definition) is 0. The van der Waals surface area contributed by atoms with Gasteiger partial charge in [0.1, 0.15) is 9.68 Å². The Hall–Kier alpha value is -1.31. The number of nitriles is 2. The topological polar surface area (TPSA) is 77.1 Å².